The van der Waals surface area contributed by atoms with Gasteiger partial charge in [0.15, 0.2) is 5.75 Å². The molecule has 0 bridgehead atoms. The van der Waals surface area contributed by atoms with E-state index in [1.807, 2.05) is 6.07 Å². The number of hydrogen-bond donors (Lipinski definition) is 2. The molecule has 2 N–H and O–H groups in total. The van der Waals surface area contributed by atoms with Crippen molar-refractivity contribution in [2.24, 2.45) is 0 Å². The zero-order valence-corrected chi connectivity index (χ0v) is 22.7. The van der Waals surface area contributed by atoms with E-state index >= 15 is 0 Å². The molecule has 0 saturated heterocycles. The number of anilines is 2. The van der Waals surface area contributed by atoms with Gasteiger partial charge in [-0.15, -0.1) is 0 Å². The fourth-order valence-corrected chi connectivity index (χ4v) is 4.79. The number of ether oxygens (including phenoxy) is 1. The third-order valence-electron chi connectivity index (χ3n) is 5.04. The lowest BCUT2D eigenvalue weighted by Crippen LogP contribution is -2.14. The Bertz CT molecular complexity index is 1560. The van der Waals surface area contributed by atoms with Gasteiger partial charge in [0.2, 0.25) is 11.7 Å². The van der Waals surface area contributed by atoms with Crippen LogP contribution in [0.4, 0.5) is 11.4 Å². The molecule has 196 valence electrons. The fraction of sp³-hybridized carbons (Fsp3) is 0.115. The molecule has 12 heteroatoms. The van der Waals surface area contributed by atoms with Crippen molar-refractivity contribution in [3.05, 3.63) is 81.3 Å². The van der Waals surface area contributed by atoms with Crippen LogP contribution in [-0.4, -0.2) is 27.3 Å². The normalized spacial score (nSPS) is 11.3. The standard InChI is InChI=1S/C26H21Cl2N3O6S/c1-15-5-4-6-21(27)24(15)31-26(33)18(14-29)11-17-12-22(28)25(23(13-17)36-3)37-38(34,35)20-9-7-19(8-10-20)30-16(2)32/h4-13H,1-3H3,(H,30,32)(H,31,33)/b18-11+. The molecule has 0 aliphatic carbocycles. The molecule has 0 unspecified atom stereocenters. The molecule has 0 saturated carbocycles. The summed E-state index contributed by atoms with van der Waals surface area (Å²) in [6.45, 7) is 3.08. The van der Waals surface area contributed by atoms with Crippen LogP contribution in [0.25, 0.3) is 6.08 Å². The summed E-state index contributed by atoms with van der Waals surface area (Å²) in [4.78, 5) is 23.7. The van der Waals surface area contributed by atoms with Crippen LogP contribution in [0.1, 0.15) is 18.1 Å². The van der Waals surface area contributed by atoms with Crippen LogP contribution in [0.15, 0.2) is 65.1 Å². The zero-order valence-electron chi connectivity index (χ0n) is 20.3. The monoisotopic (exact) mass is 573 g/mol. The highest BCUT2D eigenvalue weighted by molar-refractivity contribution is 7.87. The lowest BCUT2D eigenvalue weighted by molar-refractivity contribution is -0.114. The summed E-state index contributed by atoms with van der Waals surface area (Å²) in [6, 6.07) is 14.9. The SMILES string of the molecule is COc1cc(/C=C(\C#N)C(=O)Nc2c(C)cccc2Cl)cc(Cl)c1OS(=O)(=O)c1ccc(NC(C)=O)cc1. The topological polar surface area (TPSA) is 135 Å². The van der Waals surface area contributed by atoms with E-state index in [1.165, 1.54) is 56.5 Å². The number of nitrogens with zero attached hydrogens (tertiary/aromatic N) is 1. The molecule has 0 atom stereocenters. The highest BCUT2D eigenvalue weighted by atomic mass is 35.5. The zero-order chi connectivity index (χ0) is 28.0. The van der Waals surface area contributed by atoms with Crippen LogP contribution in [-0.2, 0) is 19.7 Å². The molecule has 2 amide bonds. The first-order valence-electron chi connectivity index (χ1n) is 10.8. The van der Waals surface area contributed by atoms with Crippen molar-refractivity contribution < 1.29 is 26.9 Å². The minimum absolute atomic E-state index is 0.0539. The third kappa shape index (κ3) is 6.83. The molecule has 38 heavy (non-hydrogen) atoms. The van der Waals surface area contributed by atoms with E-state index in [9.17, 15) is 23.3 Å². The Morgan fingerprint density at radius 1 is 1.03 bits per heavy atom. The molecule has 0 aromatic heterocycles. The number of para-hydroxylation sites is 1. The molecule has 0 radical (unpaired) electrons. The third-order valence-corrected chi connectivity index (χ3v) is 6.88. The first-order valence-corrected chi connectivity index (χ1v) is 13.0. The van der Waals surface area contributed by atoms with Gasteiger partial charge in [-0.25, -0.2) is 0 Å². The van der Waals surface area contributed by atoms with E-state index < -0.39 is 16.0 Å². The molecule has 0 aliphatic heterocycles. The van der Waals surface area contributed by atoms with Crippen LogP contribution in [0, 0.1) is 18.3 Å². The van der Waals surface area contributed by atoms with Crippen molar-refractivity contribution >= 4 is 62.6 Å². The predicted octanol–water partition coefficient (Wildman–Crippen LogP) is 5.58. The van der Waals surface area contributed by atoms with Crippen LogP contribution in [0.3, 0.4) is 0 Å². The van der Waals surface area contributed by atoms with E-state index in [2.05, 4.69) is 10.6 Å². The molecule has 3 aromatic rings. The largest absolute Gasteiger partial charge is 0.493 e. The second kappa shape index (κ2) is 12.0. The number of benzene rings is 3. The average Bonchev–Trinajstić information content (AvgIpc) is 2.86. The Balaban J connectivity index is 1.90. The molecule has 0 fully saturated rings. The van der Waals surface area contributed by atoms with Crippen molar-refractivity contribution in [1.29, 1.82) is 5.26 Å². The van der Waals surface area contributed by atoms with Gasteiger partial charge in [0.25, 0.3) is 5.91 Å². The molecular weight excluding hydrogens is 553 g/mol. The molecule has 0 heterocycles. The number of carbonyl (C=O) groups excluding carboxylic acids is 2. The quantitative estimate of drug-likeness (QED) is 0.204. The molecule has 0 aliphatic rings. The molecule has 9 nitrogen and oxygen atoms in total. The van der Waals surface area contributed by atoms with E-state index in [0.717, 1.165) is 0 Å². The van der Waals surface area contributed by atoms with Crippen LogP contribution in [0.2, 0.25) is 10.0 Å². The average molecular weight is 574 g/mol. The summed E-state index contributed by atoms with van der Waals surface area (Å²) in [7, 11) is -3.06. The summed E-state index contributed by atoms with van der Waals surface area (Å²) < 4.78 is 36.2. The lowest BCUT2D eigenvalue weighted by Gasteiger charge is -2.14. The molecule has 3 aromatic carbocycles. The number of aryl methyl sites for hydroxylation is 1. The summed E-state index contributed by atoms with van der Waals surface area (Å²) >= 11 is 12.5. The van der Waals surface area contributed by atoms with Crippen molar-refractivity contribution in [2.75, 3.05) is 17.7 Å². The van der Waals surface area contributed by atoms with Crippen LogP contribution < -0.4 is 19.6 Å². The Labute approximate surface area is 229 Å². The predicted molar refractivity (Wildman–Crippen MR) is 145 cm³/mol. The smallest absolute Gasteiger partial charge is 0.339 e. The van der Waals surface area contributed by atoms with Gasteiger partial charge in [0.05, 0.1) is 22.8 Å². The van der Waals surface area contributed by atoms with E-state index in [1.54, 1.807) is 25.1 Å². The van der Waals surface area contributed by atoms with E-state index in [0.29, 0.717) is 22.0 Å². The van der Waals surface area contributed by atoms with Crippen molar-refractivity contribution in [2.45, 2.75) is 18.7 Å². The number of methoxy groups -OCH3 is 1. The van der Waals surface area contributed by atoms with Gasteiger partial charge >= 0.3 is 10.1 Å². The highest BCUT2D eigenvalue weighted by Crippen LogP contribution is 2.39. The maximum absolute atomic E-state index is 12.8. The first-order chi connectivity index (χ1) is 17.9. The summed E-state index contributed by atoms with van der Waals surface area (Å²) in [5.41, 5.74) is 1.50. The first kappa shape index (κ1) is 28.5. The van der Waals surface area contributed by atoms with Gasteiger partial charge in [-0.1, -0.05) is 35.3 Å². The fourth-order valence-electron chi connectivity index (χ4n) is 3.26. The number of amides is 2. The van der Waals surface area contributed by atoms with Gasteiger partial charge in [0, 0.05) is 12.6 Å². The van der Waals surface area contributed by atoms with Gasteiger partial charge < -0.3 is 19.6 Å². The maximum atomic E-state index is 12.8. The summed E-state index contributed by atoms with van der Waals surface area (Å²) in [5, 5.41) is 14.9. The minimum atomic E-state index is -4.33. The van der Waals surface area contributed by atoms with Gasteiger partial charge in [-0.3, -0.25) is 9.59 Å². The Hall–Kier alpha value is -4.04. The molecule has 0 spiro atoms. The van der Waals surface area contributed by atoms with Crippen LogP contribution in [0.5, 0.6) is 11.5 Å². The van der Waals surface area contributed by atoms with E-state index in [-0.39, 0.29) is 38.5 Å². The minimum Gasteiger partial charge on any atom is -0.493 e. The Kier molecular flexibility index (Phi) is 9.01. The number of rotatable bonds is 8. The van der Waals surface area contributed by atoms with E-state index in [4.69, 9.17) is 32.1 Å². The number of nitriles is 1. The van der Waals surface area contributed by atoms with Crippen molar-refractivity contribution in [3.63, 3.8) is 0 Å². The summed E-state index contributed by atoms with van der Waals surface area (Å²) in [6.07, 6.45) is 1.26. The molecule has 3 rings (SSSR count). The molecular formula is C26H21Cl2N3O6S. The number of hydrogen-bond acceptors (Lipinski definition) is 7. The van der Waals surface area contributed by atoms with Crippen molar-refractivity contribution in [3.8, 4) is 17.6 Å². The van der Waals surface area contributed by atoms with Gasteiger partial charge in [-0.05, 0) is 66.6 Å². The number of carbonyl (C=O) groups is 2. The highest BCUT2D eigenvalue weighted by Gasteiger charge is 2.23. The van der Waals surface area contributed by atoms with Crippen molar-refractivity contribution in [1.82, 2.24) is 0 Å². The maximum Gasteiger partial charge on any atom is 0.339 e. The second-order valence-corrected chi connectivity index (χ2v) is 10.2. The van der Waals surface area contributed by atoms with Crippen LogP contribution >= 0.6 is 23.2 Å². The summed E-state index contributed by atoms with van der Waals surface area (Å²) in [5.74, 6) is -1.35. The Morgan fingerprint density at radius 2 is 1.71 bits per heavy atom. The second-order valence-electron chi connectivity index (χ2n) is 7.83. The Morgan fingerprint density at radius 3 is 2.29 bits per heavy atom. The van der Waals surface area contributed by atoms with Gasteiger partial charge in [0.1, 0.15) is 16.5 Å². The number of halogens is 2. The number of nitrogens with one attached hydrogen (secondary N) is 2. The van der Waals surface area contributed by atoms with Gasteiger partial charge in [-0.2, -0.15) is 13.7 Å². The lowest BCUT2D eigenvalue weighted by atomic mass is 10.1.